The maximum Gasteiger partial charge on any atom is 0.240 e. The van der Waals surface area contributed by atoms with Crippen LogP contribution in [0.1, 0.15) is 0 Å². The van der Waals surface area contributed by atoms with Crippen LogP contribution in [0.4, 0.5) is 0 Å². The van der Waals surface area contributed by atoms with Crippen LogP contribution in [0.2, 0.25) is 5.02 Å². The van der Waals surface area contributed by atoms with Gasteiger partial charge in [-0.05, 0) is 42.5 Å². The predicted octanol–water partition coefficient (Wildman–Crippen LogP) is 2.71. The minimum atomic E-state index is -3.58. The van der Waals surface area contributed by atoms with Gasteiger partial charge in [-0.25, -0.2) is 13.1 Å². The number of nitrogens with one attached hydrogen (secondary N) is 1. The maximum atomic E-state index is 12.0. The van der Waals surface area contributed by atoms with Gasteiger partial charge in [-0.3, -0.25) is 0 Å². The van der Waals surface area contributed by atoms with Crippen LogP contribution in [-0.4, -0.2) is 28.7 Å². The Hall–Kier alpha value is -1.76. The molecule has 0 unspecified atom stereocenters. The molecule has 0 heterocycles. The Morgan fingerprint density at radius 3 is 2.41 bits per heavy atom. The first-order chi connectivity index (χ1) is 10.5. The van der Waals surface area contributed by atoms with Crippen molar-refractivity contribution in [3.05, 3.63) is 53.6 Å². The molecule has 118 valence electrons. The van der Waals surface area contributed by atoms with E-state index in [0.717, 1.165) is 5.75 Å². The van der Waals surface area contributed by atoms with Crippen LogP contribution in [0.15, 0.2) is 53.4 Å². The molecule has 7 heteroatoms. The molecule has 2 aromatic carbocycles. The van der Waals surface area contributed by atoms with Gasteiger partial charge in [0.2, 0.25) is 10.0 Å². The van der Waals surface area contributed by atoms with E-state index in [-0.39, 0.29) is 18.0 Å². The van der Waals surface area contributed by atoms with Gasteiger partial charge < -0.3 is 9.47 Å². The summed E-state index contributed by atoms with van der Waals surface area (Å²) in [5.41, 5.74) is 0. The summed E-state index contributed by atoms with van der Waals surface area (Å²) in [6.45, 7) is 0.368. The van der Waals surface area contributed by atoms with Gasteiger partial charge in [-0.2, -0.15) is 0 Å². The van der Waals surface area contributed by atoms with Crippen LogP contribution < -0.4 is 14.2 Å². The first kappa shape index (κ1) is 16.6. The first-order valence-corrected chi connectivity index (χ1v) is 8.39. The number of hydrogen-bond donors (Lipinski definition) is 1. The fourth-order valence-corrected chi connectivity index (χ4v) is 3.05. The number of sulfonamides is 1. The predicted molar refractivity (Wildman–Crippen MR) is 85.1 cm³/mol. The van der Waals surface area contributed by atoms with E-state index < -0.39 is 10.0 Å². The van der Waals surface area contributed by atoms with Crippen molar-refractivity contribution in [2.45, 2.75) is 4.90 Å². The second-order valence-electron chi connectivity index (χ2n) is 4.38. The summed E-state index contributed by atoms with van der Waals surface area (Å²) < 4.78 is 37.0. The highest BCUT2D eigenvalue weighted by Crippen LogP contribution is 2.17. The summed E-state index contributed by atoms with van der Waals surface area (Å²) in [7, 11) is -2.00. The molecular formula is C15H16ClNO4S. The van der Waals surface area contributed by atoms with Gasteiger partial charge in [0.05, 0.1) is 12.0 Å². The molecule has 0 radical (unpaired) electrons. The molecule has 0 spiro atoms. The Bertz CT molecular complexity index is 717. The quantitative estimate of drug-likeness (QED) is 0.786. The van der Waals surface area contributed by atoms with Crippen molar-refractivity contribution in [2.75, 3.05) is 20.3 Å². The molecular weight excluding hydrogens is 326 g/mol. The lowest BCUT2D eigenvalue weighted by Crippen LogP contribution is -2.28. The van der Waals surface area contributed by atoms with E-state index in [2.05, 4.69) is 4.72 Å². The summed E-state index contributed by atoms with van der Waals surface area (Å²) >= 11 is 5.79. The molecule has 0 saturated heterocycles. The molecule has 22 heavy (non-hydrogen) atoms. The molecule has 0 saturated carbocycles. The molecule has 2 rings (SSSR count). The summed E-state index contributed by atoms with van der Waals surface area (Å²) in [6.07, 6.45) is 0. The molecule has 0 aromatic heterocycles. The molecule has 2 aromatic rings. The average molecular weight is 342 g/mol. The smallest absolute Gasteiger partial charge is 0.240 e. The van der Waals surface area contributed by atoms with Gasteiger partial charge >= 0.3 is 0 Å². The van der Waals surface area contributed by atoms with Crippen molar-refractivity contribution < 1.29 is 17.9 Å². The van der Waals surface area contributed by atoms with E-state index >= 15 is 0 Å². The highest BCUT2D eigenvalue weighted by molar-refractivity contribution is 7.89. The largest absolute Gasteiger partial charge is 0.497 e. The second kappa shape index (κ2) is 7.49. The molecule has 1 N–H and O–H groups in total. The Morgan fingerprint density at radius 2 is 1.77 bits per heavy atom. The fraction of sp³-hybridized carbons (Fsp3) is 0.200. The lowest BCUT2D eigenvalue weighted by Gasteiger charge is -2.09. The van der Waals surface area contributed by atoms with E-state index in [9.17, 15) is 8.42 Å². The number of hydrogen-bond acceptors (Lipinski definition) is 4. The maximum absolute atomic E-state index is 12.0. The molecule has 0 bridgehead atoms. The number of rotatable bonds is 7. The van der Waals surface area contributed by atoms with Gasteiger partial charge in [0, 0.05) is 11.6 Å². The van der Waals surface area contributed by atoms with Gasteiger partial charge in [0.25, 0.3) is 0 Å². The Kier molecular flexibility index (Phi) is 5.65. The van der Waals surface area contributed by atoms with E-state index in [1.165, 1.54) is 12.1 Å². The van der Waals surface area contributed by atoms with Crippen molar-refractivity contribution in [1.29, 1.82) is 0 Å². The zero-order chi connectivity index (χ0) is 16.0. The summed E-state index contributed by atoms with van der Waals surface area (Å²) in [5, 5.41) is 0.373. The lowest BCUT2D eigenvalue weighted by atomic mass is 10.3. The first-order valence-electron chi connectivity index (χ1n) is 6.53. The van der Waals surface area contributed by atoms with Crippen LogP contribution in [0.3, 0.4) is 0 Å². The van der Waals surface area contributed by atoms with Crippen molar-refractivity contribution in [3.63, 3.8) is 0 Å². The topological polar surface area (TPSA) is 64.6 Å². The van der Waals surface area contributed by atoms with E-state index in [0.29, 0.717) is 10.8 Å². The van der Waals surface area contributed by atoms with Crippen molar-refractivity contribution >= 4 is 21.6 Å². The van der Waals surface area contributed by atoms with Crippen LogP contribution in [0.5, 0.6) is 11.5 Å². The highest BCUT2D eigenvalue weighted by atomic mass is 35.5. The van der Waals surface area contributed by atoms with E-state index in [1.54, 1.807) is 43.5 Å². The Morgan fingerprint density at radius 1 is 1.09 bits per heavy atom. The molecule has 0 aliphatic rings. The summed E-state index contributed by atoms with van der Waals surface area (Å²) in [6, 6.07) is 13.1. The van der Waals surface area contributed by atoms with Gasteiger partial charge in [-0.1, -0.05) is 17.7 Å². The third kappa shape index (κ3) is 4.62. The number of ether oxygens (including phenoxy) is 2. The van der Waals surface area contributed by atoms with Crippen molar-refractivity contribution in [2.24, 2.45) is 0 Å². The van der Waals surface area contributed by atoms with E-state index in [4.69, 9.17) is 21.1 Å². The molecule has 0 amide bonds. The van der Waals surface area contributed by atoms with Gasteiger partial charge in [-0.15, -0.1) is 0 Å². The lowest BCUT2D eigenvalue weighted by molar-refractivity contribution is 0.322. The molecule has 0 fully saturated rings. The van der Waals surface area contributed by atoms with Crippen LogP contribution in [-0.2, 0) is 10.0 Å². The normalized spacial score (nSPS) is 11.2. The monoisotopic (exact) mass is 341 g/mol. The van der Waals surface area contributed by atoms with Gasteiger partial charge in [0.1, 0.15) is 18.1 Å². The Balaban J connectivity index is 1.85. The van der Waals surface area contributed by atoms with Crippen LogP contribution in [0.25, 0.3) is 0 Å². The zero-order valence-corrected chi connectivity index (χ0v) is 13.5. The summed E-state index contributed by atoms with van der Waals surface area (Å²) in [4.78, 5) is 0.129. The zero-order valence-electron chi connectivity index (χ0n) is 12.0. The highest BCUT2D eigenvalue weighted by Gasteiger charge is 2.13. The standard InChI is InChI=1S/C15H16ClNO4S/c1-20-13-5-7-14(8-6-13)21-10-9-17-22(18,19)15-4-2-3-12(16)11-15/h2-8,11,17H,9-10H2,1H3. The molecule has 0 aliphatic heterocycles. The van der Waals surface area contributed by atoms with Crippen LogP contribution >= 0.6 is 11.6 Å². The van der Waals surface area contributed by atoms with Crippen molar-refractivity contribution in [3.8, 4) is 11.5 Å². The van der Waals surface area contributed by atoms with E-state index in [1.807, 2.05) is 0 Å². The third-order valence-electron chi connectivity index (χ3n) is 2.83. The fourth-order valence-electron chi connectivity index (χ4n) is 1.73. The third-order valence-corrected chi connectivity index (χ3v) is 4.52. The second-order valence-corrected chi connectivity index (χ2v) is 6.58. The number of methoxy groups -OCH3 is 1. The Labute approximate surface area is 134 Å². The van der Waals surface area contributed by atoms with Gasteiger partial charge in [0.15, 0.2) is 0 Å². The minimum absolute atomic E-state index is 0.129. The van der Waals surface area contributed by atoms with Crippen molar-refractivity contribution in [1.82, 2.24) is 4.72 Å². The average Bonchev–Trinajstić information content (AvgIpc) is 2.52. The minimum Gasteiger partial charge on any atom is -0.497 e. The van der Waals surface area contributed by atoms with Crippen LogP contribution in [0, 0.1) is 0 Å². The molecule has 0 atom stereocenters. The molecule has 0 aliphatic carbocycles. The molecule has 5 nitrogen and oxygen atoms in total. The number of halogens is 1. The SMILES string of the molecule is COc1ccc(OCCNS(=O)(=O)c2cccc(Cl)c2)cc1. The number of benzene rings is 2. The summed E-state index contributed by atoms with van der Waals surface area (Å²) in [5.74, 6) is 1.37.